The molecule has 0 saturated carbocycles. The van der Waals surface area contributed by atoms with Gasteiger partial charge in [0.2, 0.25) is 0 Å². The summed E-state index contributed by atoms with van der Waals surface area (Å²) in [7, 11) is -3.64. The quantitative estimate of drug-likeness (QED) is 0.308. The van der Waals surface area contributed by atoms with Crippen molar-refractivity contribution in [3.05, 3.63) is 76.7 Å². The molecule has 0 aliphatic carbocycles. The molecule has 0 bridgehead atoms. The van der Waals surface area contributed by atoms with E-state index in [1.807, 2.05) is 62.4 Å². The largest absolute Gasteiger partial charge is 0.490 e. The molecule has 3 aromatic rings. The summed E-state index contributed by atoms with van der Waals surface area (Å²) in [4.78, 5) is 2.12. The van der Waals surface area contributed by atoms with E-state index in [0.29, 0.717) is 22.8 Å². The molecule has 3 aromatic carbocycles. The summed E-state index contributed by atoms with van der Waals surface area (Å²) in [5, 5.41) is 19.1. The van der Waals surface area contributed by atoms with E-state index < -0.39 is 10.0 Å². The fourth-order valence-corrected chi connectivity index (χ4v) is 6.25. The minimum Gasteiger partial charge on any atom is -0.490 e. The molecule has 0 atom stereocenters. The van der Waals surface area contributed by atoms with E-state index in [2.05, 4.69) is 4.90 Å². The van der Waals surface area contributed by atoms with Gasteiger partial charge in [-0.25, -0.2) is 8.42 Å². The number of likely N-dealkylation sites (tertiary alicyclic amines) is 1. The molecule has 1 fully saturated rings. The number of rotatable bonds is 6. The number of nitrogens with zero attached hydrogens (tertiary/aromatic N) is 2. The van der Waals surface area contributed by atoms with Crippen LogP contribution < -0.4 is 14.8 Å². The van der Waals surface area contributed by atoms with Gasteiger partial charge in [0.05, 0.1) is 23.5 Å². The van der Waals surface area contributed by atoms with Gasteiger partial charge in [-0.05, 0) is 52.7 Å². The van der Waals surface area contributed by atoms with Gasteiger partial charge < -0.3 is 15.4 Å². The zero-order chi connectivity index (χ0) is 27.0. The Kier molecular flexibility index (Phi) is 6.88. The highest BCUT2D eigenvalue weighted by Gasteiger charge is 2.28. The van der Waals surface area contributed by atoms with Gasteiger partial charge in [-0.3, -0.25) is 15.1 Å². The van der Waals surface area contributed by atoms with Crippen LogP contribution in [0.25, 0.3) is 16.8 Å². The predicted octanol–water partition coefficient (Wildman–Crippen LogP) is 4.92. The van der Waals surface area contributed by atoms with E-state index in [1.165, 1.54) is 9.71 Å². The number of sulfonamides is 1. The lowest BCUT2D eigenvalue weighted by molar-refractivity contribution is 0.129. The molecule has 198 valence electrons. The van der Waals surface area contributed by atoms with Gasteiger partial charge in [0.15, 0.2) is 0 Å². The molecule has 5 rings (SSSR count). The molecule has 2 aliphatic rings. The zero-order valence-electron chi connectivity index (χ0n) is 21.6. The third kappa shape index (κ3) is 5.24. The standard InChI is InChI=1S/C29H33N5O3S/c1-19(2)29(32)33-12-9-25(10-13-33)37-26-7-8-27-22(17-26)11-14-38(35,36)34(27)18-20-3-4-21-5-6-23(28(30)31)16-24(21)15-20/h3-8,11,14-17,19,25,32H,9-10,12-13,18H2,1-2H3,(H3,30,31). The number of hydrogen-bond acceptors (Lipinski definition) is 5. The summed E-state index contributed by atoms with van der Waals surface area (Å²) in [5.41, 5.74) is 8.51. The van der Waals surface area contributed by atoms with E-state index in [0.717, 1.165) is 47.8 Å². The Balaban J connectivity index is 1.34. The van der Waals surface area contributed by atoms with Gasteiger partial charge in [-0.2, -0.15) is 0 Å². The van der Waals surface area contributed by atoms with Crippen molar-refractivity contribution in [2.24, 2.45) is 11.7 Å². The molecule has 0 spiro atoms. The average Bonchev–Trinajstić information content (AvgIpc) is 2.90. The Morgan fingerprint density at radius 2 is 1.76 bits per heavy atom. The Morgan fingerprint density at radius 1 is 1.03 bits per heavy atom. The van der Waals surface area contributed by atoms with E-state index >= 15 is 0 Å². The van der Waals surface area contributed by atoms with Crippen LogP contribution in [-0.2, 0) is 16.6 Å². The van der Waals surface area contributed by atoms with E-state index in [4.69, 9.17) is 21.3 Å². The second-order valence-corrected chi connectivity index (χ2v) is 12.0. The minimum absolute atomic E-state index is 0.00594. The number of nitrogens with one attached hydrogen (secondary N) is 2. The number of piperidine rings is 1. The van der Waals surface area contributed by atoms with Crippen molar-refractivity contribution >= 4 is 44.2 Å². The number of anilines is 1. The maximum atomic E-state index is 13.0. The van der Waals surface area contributed by atoms with E-state index in [-0.39, 0.29) is 24.4 Å². The number of ether oxygens (including phenoxy) is 1. The summed E-state index contributed by atoms with van der Waals surface area (Å²) in [6, 6.07) is 16.9. The number of benzene rings is 3. The van der Waals surface area contributed by atoms with Crippen LogP contribution in [0.15, 0.2) is 60.0 Å². The normalized spacial score (nSPS) is 17.0. The van der Waals surface area contributed by atoms with Crippen molar-refractivity contribution in [1.82, 2.24) is 4.90 Å². The summed E-state index contributed by atoms with van der Waals surface area (Å²) in [6.07, 6.45) is 3.38. The van der Waals surface area contributed by atoms with E-state index in [9.17, 15) is 8.42 Å². The smallest absolute Gasteiger partial charge is 0.257 e. The molecule has 0 unspecified atom stereocenters. The number of nitrogens with two attached hydrogens (primary N) is 1. The summed E-state index contributed by atoms with van der Waals surface area (Å²) < 4.78 is 33.7. The first-order valence-corrected chi connectivity index (χ1v) is 14.3. The van der Waals surface area contributed by atoms with Crippen molar-refractivity contribution in [3.63, 3.8) is 0 Å². The number of hydrogen-bond donors (Lipinski definition) is 3. The third-order valence-electron chi connectivity index (χ3n) is 7.17. The van der Waals surface area contributed by atoms with Crippen molar-refractivity contribution in [2.75, 3.05) is 17.4 Å². The predicted molar refractivity (Wildman–Crippen MR) is 153 cm³/mol. The van der Waals surface area contributed by atoms with Crippen LogP contribution in [0, 0.1) is 16.7 Å². The van der Waals surface area contributed by atoms with Gasteiger partial charge in [-0.1, -0.05) is 38.1 Å². The monoisotopic (exact) mass is 531 g/mol. The van der Waals surface area contributed by atoms with Crippen LogP contribution in [0.5, 0.6) is 5.75 Å². The van der Waals surface area contributed by atoms with Crippen LogP contribution in [0.3, 0.4) is 0 Å². The first-order valence-electron chi connectivity index (χ1n) is 12.8. The topological polar surface area (TPSA) is 124 Å². The molecule has 2 aliphatic heterocycles. The van der Waals surface area contributed by atoms with Crippen molar-refractivity contribution in [1.29, 1.82) is 10.8 Å². The molecular weight excluding hydrogens is 498 g/mol. The lowest BCUT2D eigenvalue weighted by Gasteiger charge is -2.35. The molecular formula is C29H33N5O3S. The van der Waals surface area contributed by atoms with Crippen LogP contribution in [0.1, 0.15) is 43.4 Å². The number of nitrogen functional groups attached to an aromatic ring is 1. The Labute approximate surface area is 223 Å². The second-order valence-electron chi connectivity index (χ2n) is 10.2. The van der Waals surface area contributed by atoms with Crippen LogP contribution in [-0.4, -0.2) is 44.2 Å². The molecule has 1 saturated heterocycles. The summed E-state index contributed by atoms with van der Waals surface area (Å²) >= 11 is 0. The van der Waals surface area contributed by atoms with Crippen molar-refractivity contribution in [3.8, 4) is 5.75 Å². The lowest BCUT2D eigenvalue weighted by atomic mass is 10.0. The van der Waals surface area contributed by atoms with Gasteiger partial charge in [-0.15, -0.1) is 0 Å². The lowest BCUT2D eigenvalue weighted by Crippen LogP contribution is -2.43. The third-order valence-corrected chi connectivity index (χ3v) is 8.59. The average molecular weight is 532 g/mol. The van der Waals surface area contributed by atoms with Crippen molar-refractivity contribution in [2.45, 2.75) is 39.3 Å². The van der Waals surface area contributed by atoms with Crippen LogP contribution in [0.2, 0.25) is 0 Å². The first kappa shape index (κ1) is 25.8. The molecule has 9 heteroatoms. The first-order chi connectivity index (χ1) is 18.1. The van der Waals surface area contributed by atoms with E-state index in [1.54, 1.807) is 12.1 Å². The van der Waals surface area contributed by atoms with Gasteiger partial charge in [0.1, 0.15) is 17.7 Å². The Hall–Kier alpha value is -3.85. The number of fused-ring (bicyclic) bond motifs is 2. The van der Waals surface area contributed by atoms with Crippen molar-refractivity contribution < 1.29 is 13.2 Å². The minimum atomic E-state index is -3.64. The van der Waals surface area contributed by atoms with Gasteiger partial charge in [0.25, 0.3) is 10.0 Å². The maximum absolute atomic E-state index is 13.0. The fourth-order valence-electron chi connectivity index (χ4n) is 5.01. The van der Waals surface area contributed by atoms with Crippen LogP contribution >= 0.6 is 0 Å². The highest BCUT2D eigenvalue weighted by atomic mass is 32.2. The SMILES string of the molecule is CC(C)C(=N)N1CCC(Oc2ccc3c(c2)C=CS(=O)(=O)N3Cc2ccc3ccc(C(=N)N)cc3c2)CC1. The fraction of sp³-hybridized carbons (Fsp3) is 0.310. The second kappa shape index (κ2) is 10.1. The van der Waals surface area contributed by atoms with Gasteiger partial charge in [0, 0.05) is 43.0 Å². The molecule has 8 nitrogen and oxygen atoms in total. The van der Waals surface area contributed by atoms with Gasteiger partial charge >= 0.3 is 0 Å². The Morgan fingerprint density at radius 3 is 2.47 bits per heavy atom. The zero-order valence-corrected chi connectivity index (χ0v) is 22.5. The highest BCUT2D eigenvalue weighted by molar-refractivity contribution is 7.95. The highest BCUT2D eigenvalue weighted by Crippen LogP contribution is 2.35. The molecule has 38 heavy (non-hydrogen) atoms. The Bertz CT molecular complexity index is 1540. The molecule has 2 heterocycles. The molecule has 4 N–H and O–H groups in total. The summed E-state index contributed by atoms with van der Waals surface area (Å²) in [5.74, 6) is 1.60. The van der Waals surface area contributed by atoms with Crippen LogP contribution in [0.4, 0.5) is 5.69 Å². The molecule has 0 amide bonds. The summed E-state index contributed by atoms with van der Waals surface area (Å²) in [6.45, 7) is 5.87. The maximum Gasteiger partial charge on any atom is 0.257 e. The number of amidine groups is 2. The molecule has 0 radical (unpaired) electrons. The molecule has 0 aromatic heterocycles.